The van der Waals surface area contributed by atoms with E-state index in [9.17, 15) is 4.79 Å². The first-order chi connectivity index (χ1) is 16.0. The van der Waals surface area contributed by atoms with Crippen molar-refractivity contribution in [3.8, 4) is 16.9 Å². The van der Waals surface area contributed by atoms with Crippen molar-refractivity contribution in [1.29, 1.82) is 0 Å². The van der Waals surface area contributed by atoms with Crippen molar-refractivity contribution < 1.29 is 4.79 Å². The maximum absolute atomic E-state index is 12.4. The summed E-state index contributed by atoms with van der Waals surface area (Å²) in [5.74, 6) is 0.951. The summed E-state index contributed by atoms with van der Waals surface area (Å²) in [6.45, 7) is 4.11. The molecule has 0 aliphatic heterocycles. The van der Waals surface area contributed by atoms with E-state index in [0.717, 1.165) is 33.8 Å². The Morgan fingerprint density at radius 2 is 1.70 bits per heavy atom. The van der Waals surface area contributed by atoms with E-state index in [1.54, 1.807) is 12.4 Å². The molecule has 0 radical (unpaired) electrons. The van der Waals surface area contributed by atoms with Gasteiger partial charge in [-0.25, -0.2) is 0 Å². The Balaban J connectivity index is 1.52. The van der Waals surface area contributed by atoms with E-state index >= 15 is 0 Å². The highest BCUT2D eigenvalue weighted by Gasteiger charge is 2.14. The second-order valence-corrected chi connectivity index (χ2v) is 8.80. The fourth-order valence-electron chi connectivity index (χ4n) is 3.64. The standard InChI is InChI=1S/C27H26N4OS/c1-19-7-9-22(10-8-19)27(28)30-26(32)18-33-17-23-11-12-25(21-13-15-29-16-14-21)31(23)24-6-4-3-5-20(24)2/h3-16H,17-18H2,1-2H3,(H2,28,30,32). The third kappa shape index (κ3) is 5.41. The van der Waals surface area contributed by atoms with Crippen LogP contribution in [-0.4, -0.2) is 27.0 Å². The maximum atomic E-state index is 12.4. The number of aliphatic imine (C=N–C) groups is 1. The number of hydrogen-bond acceptors (Lipinski definition) is 3. The van der Waals surface area contributed by atoms with Crippen LogP contribution in [0.25, 0.3) is 16.9 Å². The number of para-hydroxylation sites is 1. The van der Waals surface area contributed by atoms with Gasteiger partial charge in [0.05, 0.1) is 11.4 Å². The molecule has 4 aromatic rings. The quantitative estimate of drug-likeness (QED) is 0.303. The number of hydrogen-bond donors (Lipinski definition) is 1. The van der Waals surface area contributed by atoms with Crippen LogP contribution in [0.3, 0.4) is 0 Å². The Morgan fingerprint density at radius 1 is 0.970 bits per heavy atom. The van der Waals surface area contributed by atoms with Crippen molar-refractivity contribution in [2.75, 3.05) is 5.75 Å². The minimum atomic E-state index is -0.235. The van der Waals surface area contributed by atoms with Crippen LogP contribution in [0.2, 0.25) is 0 Å². The van der Waals surface area contributed by atoms with Crippen molar-refractivity contribution in [1.82, 2.24) is 9.55 Å². The number of thioether (sulfide) groups is 1. The third-order valence-corrected chi connectivity index (χ3v) is 6.31. The molecule has 0 aliphatic carbocycles. The first kappa shape index (κ1) is 22.6. The second kappa shape index (κ2) is 10.3. The van der Waals surface area contributed by atoms with Crippen LogP contribution in [0.15, 0.2) is 90.2 Å². The lowest BCUT2D eigenvalue weighted by atomic mass is 10.1. The average molecular weight is 455 g/mol. The molecule has 2 N–H and O–H groups in total. The van der Waals surface area contributed by atoms with Crippen molar-refractivity contribution in [3.05, 3.63) is 108 Å². The zero-order valence-corrected chi connectivity index (χ0v) is 19.5. The summed E-state index contributed by atoms with van der Waals surface area (Å²) in [6, 6.07) is 24.2. The van der Waals surface area contributed by atoms with Gasteiger partial charge in [-0.2, -0.15) is 4.99 Å². The number of rotatable bonds is 7. The molecule has 6 heteroatoms. The molecule has 0 saturated carbocycles. The van der Waals surface area contributed by atoms with Gasteiger partial charge >= 0.3 is 0 Å². The van der Waals surface area contributed by atoms with E-state index in [1.165, 1.54) is 17.3 Å². The third-order valence-electron chi connectivity index (χ3n) is 5.36. The molecule has 0 saturated heterocycles. The molecular formula is C27H26N4OS. The summed E-state index contributed by atoms with van der Waals surface area (Å²) in [6.07, 6.45) is 3.60. The molecule has 2 heterocycles. The van der Waals surface area contributed by atoms with Crippen molar-refractivity contribution in [2.24, 2.45) is 10.7 Å². The molecule has 0 unspecified atom stereocenters. The number of benzene rings is 2. The summed E-state index contributed by atoms with van der Waals surface area (Å²) in [5.41, 5.74) is 13.5. The van der Waals surface area contributed by atoms with E-state index in [0.29, 0.717) is 5.75 Å². The highest BCUT2D eigenvalue weighted by molar-refractivity contribution is 7.99. The van der Waals surface area contributed by atoms with Crippen molar-refractivity contribution in [2.45, 2.75) is 19.6 Å². The molecule has 5 nitrogen and oxygen atoms in total. The van der Waals surface area contributed by atoms with Gasteiger partial charge in [0.1, 0.15) is 5.84 Å². The van der Waals surface area contributed by atoms with Gasteiger partial charge in [-0.15, -0.1) is 11.8 Å². The molecule has 0 atom stereocenters. The normalized spacial score (nSPS) is 11.5. The van der Waals surface area contributed by atoms with Crippen LogP contribution in [0, 0.1) is 13.8 Å². The topological polar surface area (TPSA) is 73.3 Å². The van der Waals surface area contributed by atoms with Crippen LogP contribution < -0.4 is 5.73 Å². The van der Waals surface area contributed by atoms with Crippen LogP contribution >= 0.6 is 11.8 Å². The Hall–Kier alpha value is -3.64. The fourth-order valence-corrected chi connectivity index (χ4v) is 4.41. The minimum Gasteiger partial charge on any atom is -0.383 e. The summed E-state index contributed by atoms with van der Waals surface area (Å²) in [7, 11) is 0. The van der Waals surface area contributed by atoms with Gasteiger partial charge in [0.15, 0.2) is 0 Å². The number of carbonyl (C=O) groups excluding carboxylic acids is 1. The highest BCUT2D eigenvalue weighted by atomic mass is 32.2. The van der Waals surface area contributed by atoms with Crippen LogP contribution in [0.1, 0.15) is 22.4 Å². The molecule has 0 spiro atoms. The summed E-state index contributed by atoms with van der Waals surface area (Å²) in [4.78, 5) is 20.6. The van der Waals surface area contributed by atoms with Crippen molar-refractivity contribution >= 4 is 23.5 Å². The van der Waals surface area contributed by atoms with Crippen LogP contribution in [0.5, 0.6) is 0 Å². The van der Waals surface area contributed by atoms with Gasteiger partial charge in [0, 0.05) is 40.7 Å². The predicted octanol–water partition coefficient (Wildman–Crippen LogP) is 5.32. The number of aromatic nitrogens is 2. The number of amidine groups is 1. The first-order valence-corrected chi connectivity index (χ1v) is 11.9. The molecule has 0 bridgehead atoms. The van der Waals surface area contributed by atoms with Crippen LogP contribution in [0.4, 0.5) is 0 Å². The Labute approximate surface area is 198 Å². The van der Waals surface area contributed by atoms with E-state index in [-0.39, 0.29) is 17.5 Å². The smallest absolute Gasteiger partial charge is 0.257 e. The molecule has 1 amide bonds. The zero-order valence-electron chi connectivity index (χ0n) is 18.7. The Kier molecular flexibility index (Phi) is 7.05. The second-order valence-electron chi connectivity index (χ2n) is 7.82. The summed E-state index contributed by atoms with van der Waals surface area (Å²) < 4.78 is 2.26. The van der Waals surface area contributed by atoms with Gasteiger partial charge in [-0.1, -0.05) is 48.0 Å². The van der Waals surface area contributed by atoms with Gasteiger partial charge in [-0.05, 0) is 49.7 Å². The SMILES string of the molecule is Cc1ccc(C(N)=NC(=O)CSCc2ccc(-c3ccncc3)n2-c2ccccc2C)cc1. The van der Waals surface area contributed by atoms with Gasteiger partial charge in [0.2, 0.25) is 0 Å². The molecule has 33 heavy (non-hydrogen) atoms. The minimum absolute atomic E-state index is 0.235. The monoisotopic (exact) mass is 454 g/mol. The molecule has 0 fully saturated rings. The summed E-state index contributed by atoms with van der Waals surface area (Å²) >= 11 is 1.53. The lowest BCUT2D eigenvalue weighted by Gasteiger charge is -2.16. The Bertz CT molecular complexity index is 1280. The number of nitrogens with zero attached hydrogens (tertiary/aromatic N) is 3. The lowest BCUT2D eigenvalue weighted by Crippen LogP contribution is -2.16. The lowest BCUT2D eigenvalue weighted by molar-refractivity contribution is -0.115. The molecule has 166 valence electrons. The van der Waals surface area contributed by atoms with Crippen molar-refractivity contribution in [3.63, 3.8) is 0 Å². The largest absolute Gasteiger partial charge is 0.383 e. The van der Waals surface area contributed by atoms with Gasteiger partial charge in [0.25, 0.3) is 5.91 Å². The zero-order chi connectivity index (χ0) is 23.2. The molecule has 2 aromatic heterocycles. The molecule has 0 aliphatic rings. The number of aryl methyl sites for hydroxylation is 2. The number of pyridine rings is 1. The van der Waals surface area contributed by atoms with E-state index in [2.05, 4.69) is 45.7 Å². The summed E-state index contributed by atoms with van der Waals surface area (Å²) in [5, 5.41) is 0. The van der Waals surface area contributed by atoms with Gasteiger partial charge < -0.3 is 10.3 Å². The molecule has 2 aromatic carbocycles. The first-order valence-electron chi connectivity index (χ1n) is 10.7. The number of amides is 1. The van der Waals surface area contributed by atoms with E-state index in [1.807, 2.05) is 55.5 Å². The Morgan fingerprint density at radius 3 is 2.42 bits per heavy atom. The van der Waals surface area contributed by atoms with E-state index < -0.39 is 0 Å². The maximum Gasteiger partial charge on any atom is 0.257 e. The van der Waals surface area contributed by atoms with E-state index in [4.69, 9.17) is 5.73 Å². The predicted molar refractivity (Wildman–Crippen MR) is 137 cm³/mol. The van der Waals surface area contributed by atoms with Crippen LogP contribution in [-0.2, 0) is 10.5 Å². The fraction of sp³-hybridized carbons (Fsp3) is 0.148. The molecular weight excluding hydrogens is 428 g/mol. The highest BCUT2D eigenvalue weighted by Crippen LogP contribution is 2.30. The molecule has 4 rings (SSSR count). The number of nitrogens with two attached hydrogens (primary N) is 1. The number of carbonyl (C=O) groups is 1. The van der Waals surface area contributed by atoms with Gasteiger partial charge in [-0.3, -0.25) is 9.78 Å². The average Bonchev–Trinajstić information content (AvgIpc) is 3.24.